The fraction of sp³-hybridized carbons (Fsp3) is 0.389. The Morgan fingerprint density at radius 3 is 2.60 bits per heavy atom. The van der Waals surface area contributed by atoms with E-state index < -0.39 is 0 Å². The second-order valence-corrected chi connectivity index (χ2v) is 4.96. The van der Waals surface area contributed by atoms with Crippen LogP contribution < -0.4 is 0 Å². The average molecular weight is 269 g/mol. The van der Waals surface area contributed by atoms with Crippen molar-refractivity contribution in [1.82, 2.24) is 0 Å². The van der Waals surface area contributed by atoms with Gasteiger partial charge in [-0.15, -0.1) is 0 Å². The highest BCUT2D eigenvalue weighted by Crippen LogP contribution is 2.24. The van der Waals surface area contributed by atoms with Gasteiger partial charge in [0.05, 0.1) is 0 Å². The molecule has 0 aliphatic rings. The zero-order chi connectivity index (χ0) is 14.5. The molecule has 1 unspecified atom stereocenters. The molecule has 0 N–H and O–H groups in total. The van der Waals surface area contributed by atoms with Crippen molar-refractivity contribution < 1.29 is 4.74 Å². The monoisotopic (exact) mass is 269 g/mol. The SMILES string of the molecule is CCOC(C)/N=C(\CC)c1c(C)ccc2ccccc12. The molecule has 0 spiro atoms. The summed E-state index contributed by atoms with van der Waals surface area (Å²) < 4.78 is 5.56. The third kappa shape index (κ3) is 3.07. The molecule has 0 amide bonds. The van der Waals surface area contributed by atoms with Crippen molar-refractivity contribution in [2.75, 3.05) is 6.61 Å². The number of rotatable bonds is 5. The van der Waals surface area contributed by atoms with Crippen molar-refractivity contribution in [1.29, 1.82) is 0 Å². The maximum atomic E-state index is 5.56. The van der Waals surface area contributed by atoms with Crippen LogP contribution in [-0.4, -0.2) is 18.5 Å². The maximum Gasteiger partial charge on any atom is 0.145 e. The smallest absolute Gasteiger partial charge is 0.145 e. The first-order valence-corrected chi connectivity index (χ1v) is 7.34. The Labute approximate surface area is 121 Å². The van der Waals surface area contributed by atoms with Crippen molar-refractivity contribution in [3.8, 4) is 0 Å². The van der Waals surface area contributed by atoms with Gasteiger partial charge in [-0.2, -0.15) is 0 Å². The van der Waals surface area contributed by atoms with Gasteiger partial charge in [0.1, 0.15) is 6.23 Å². The standard InChI is InChI=1S/C18H23NO/c1-5-17(19-14(4)20-6-2)18-13(3)11-12-15-9-7-8-10-16(15)18/h7-12,14H,5-6H2,1-4H3/b19-17+. The Kier molecular flexibility index (Phi) is 4.91. The van der Waals surface area contributed by atoms with Gasteiger partial charge in [-0.05, 0) is 43.5 Å². The molecule has 0 aliphatic carbocycles. The van der Waals surface area contributed by atoms with Crippen LogP contribution in [0, 0.1) is 6.92 Å². The fourth-order valence-electron chi connectivity index (χ4n) is 2.59. The molecule has 2 aromatic carbocycles. The Balaban J connectivity index is 2.56. The van der Waals surface area contributed by atoms with Gasteiger partial charge in [0.2, 0.25) is 0 Å². The van der Waals surface area contributed by atoms with Crippen LogP contribution in [-0.2, 0) is 4.74 Å². The van der Waals surface area contributed by atoms with Crippen LogP contribution >= 0.6 is 0 Å². The molecule has 0 saturated heterocycles. The second kappa shape index (κ2) is 6.67. The lowest BCUT2D eigenvalue weighted by molar-refractivity contribution is 0.0831. The summed E-state index contributed by atoms with van der Waals surface area (Å²) in [6.45, 7) is 8.99. The van der Waals surface area contributed by atoms with E-state index >= 15 is 0 Å². The minimum absolute atomic E-state index is 0.0895. The number of aliphatic imine (C=N–C) groups is 1. The molecule has 2 rings (SSSR count). The lowest BCUT2D eigenvalue weighted by Crippen LogP contribution is -2.11. The minimum Gasteiger partial charge on any atom is -0.357 e. The summed E-state index contributed by atoms with van der Waals surface area (Å²) in [5, 5.41) is 2.54. The molecule has 0 heterocycles. The average Bonchev–Trinajstić information content (AvgIpc) is 2.45. The number of benzene rings is 2. The summed E-state index contributed by atoms with van der Waals surface area (Å²) in [4.78, 5) is 4.76. The van der Waals surface area contributed by atoms with E-state index in [1.54, 1.807) is 0 Å². The Bertz CT molecular complexity index is 616. The van der Waals surface area contributed by atoms with Crippen molar-refractivity contribution in [3.63, 3.8) is 0 Å². The van der Waals surface area contributed by atoms with Crippen molar-refractivity contribution >= 4 is 16.5 Å². The van der Waals surface area contributed by atoms with E-state index in [0.29, 0.717) is 6.61 Å². The van der Waals surface area contributed by atoms with Crippen LogP contribution in [0.1, 0.15) is 38.3 Å². The number of hydrogen-bond acceptors (Lipinski definition) is 2. The molecule has 0 aliphatic heterocycles. The van der Waals surface area contributed by atoms with E-state index in [0.717, 1.165) is 12.1 Å². The van der Waals surface area contributed by atoms with Crippen molar-refractivity contribution in [3.05, 3.63) is 47.5 Å². The molecule has 0 bridgehead atoms. The highest BCUT2D eigenvalue weighted by molar-refractivity contribution is 6.12. The number of nitrogens with zero attached hydrogens (tertiary/aromatic N) is 1. The van der Waals surface area contributed by atoms with Gasteiger partial charge < -0.3 is 4.74 Å². The summed E-state index contributed by atoms with van der Waals surface area (Å²) in [6.07, 6.45) is 0.819. The number of aryl methyl sites for hydroxylation is 1. The first-order valence-electron chi connectivity index (χ1n) is 7.34. The van der Waals surface area contributed by atoms with Gasteiger partial charge in [-0.1, -0.05) is 43.3 Å². The summed E-state index contributed by atoms with van der Waals surface area (Å²) in [7, 11) is 0. The topological polar surface area (TPSA) is 21.6 Å². The molecule has 20 heavy (non-hydrogen) atoms. The van der Waals surface area contributed by atoms with E-state index in [4.69, 9.17) is 9.73 Å². The highest BCUT2D eigenvalue weighted by Gasteiger charge is 2.11. The molecule has 2 heteroatoms. The van der Waals surface area contributed by atoms with Crippen LogP contribution in [0.2, 0.25) is 0 Å². The summed E-state index contributed by atoms with van der Waals surface area (Å²) in [5.41, 5.74) is 3.66. The normalized spacial score (nSPS) is 13.7. The van der Waals surface area contributed by atoms with Gasteiger partial charge >= 0.3 is 0 Å². The van der Waals surface area contributed by atoms with Crippen LogP contribution in [0.4, 0.5) is 0 Å². The van der Waals surface area contributed by atoms with E-state index in [1.807, 2.05) is 13.8 Å². The molecule has 0 fully saturated rings. The highest BCUT2D eigenvalue weighted by atomic mass is 16.5. The number of ether oxygens (including phenoxy) is 1. The van der Waals surface area contributed by atoms with Gasteiger partial charge in [0, 0.05) is 17.9 Å². The lowest BCUT2D eigenvalue weighted by Gasteiger charge is -2.15. The van der Waals surface area contributed by atoms with Crippen LogP contribution in [0.5, 0.6) is 0 Å². The molecule has 0 radical (unpaired) electrons. The number of fused-ring (bicyclic) bond motifs is 1. The van der Waals surface area contributed by atoms with E-state index in [1.165, 1.54) is 21.9 Å². The third-order valence-electron chi connectivity index (χ3n) is 3.51. The van der Waals surface area contributed by atoms with E-state index in [2.05, 4.69) is 50.2 Å². The van der Waals surface area contributed by atoms with E-state index in [9.17, 15) is 0 Å². The van der Waals surface area contributed by atoms with Crippen LogP contribution in [0.15, 0.2) is 41.4 Å². The third-order valence-corrected chi connectivity index (χ3v) is 3.51. The van der Waals surface area contributed by atoms with E-state index in [-0.39, 0.29) is 6.23 Å². The predicted octanol–water partition coefficient (Wildman–Crippen LogP) is 4.73. The Morgan fingerprint density at radius 1 is 1.15 bits per heavy atom. The molecule has 1 atom stereocenters. The molecule has 0 aromatic heterocycles. The van der Waals surface area contributed by atoms with Crippen LogP contribution in [0.3, 0.4) is 0 Å². The first-order chi connectivity index (χ1) is 9.67. The first kappa shape index (κ1) is 14.7. The lowest BCUT2D eigenvalue weighted by atomic mass is 9.95. The molecule has 106 valence electrons. The Morgan fingerprint density at radius 2 is 1.90 bits per heavy atom. The van der Waals surface area contributed by atoms with Gasteiger partial charge in [-0.3, -0.25) is 4.99 Å². The summed E-state index contributed by atoms with van der Waals surface area (Å²) in [6, 6.07) is 12.8. The largest absolute Gasteiger partial charge is 0.357 e. The predicted molar refractivity (Wildman–Crippen MR) is 86.6 cm³/mol. The van der Waals surface area contributed by atoms with Crippen LogP contribution in [0.25, 0.3) is 10.8 Å². The zero-order valence-electron chi connectivity index (χ0n) is 12.8. The maximum absolute atomic E-state index is 5.56. The molecular formula is C18H23NO. The summed E-state index contributed by atoms with van der Waals surface area (Å²) >= 11 is 0. The molecular weight excluding hydrogens is 246 g/mol. The van der Waals surface area contributed by atoms with Gasteiger partial charge in [-0.25, -0.2) is 0 Å². The number of hydrogen-bond donors (Lipinski definition) is 0. The fourth-order valence-corrected chi connectivity index (χ4v) is 2.59. The molecule has 0 saturated carbocycles. The quantitative estimate of drug-likeness (QED) is 0.719. The second-order valence-electron chi connectivity index (χ2n) is 4.96. The molecule has 2 aromatic rings. The van der Waals surface area contributed by atoms with Crippen molar-refractivity contribution in [2.24, 2.45) is 4.99 Å². The summed E-state index contributed by atoms with van der Waals surface area (Å²) in [5.74, 6) is 0. The van der Waals surface area contributed by atoms with Gasteiger partial charge in [0.15, 0.2) is 0 Å². The van der Waals surface area contributed by atoms with Gasteiger partial charge in [0.25, 0.3) is 0 Å². The Hall–Kier alpha value is -1.67. The minimum atomic E-state index is -0.0895. The van der Waals surface area contributed by atoms with Crippen molar-refractivity contribution in [2.45, 2.75) is 40.3 Å². The molecule has 2 nitrogen and oxygen atoms in total. The zero-order valence-corrected chi connectivity index (χ0v) is 12.8.